The smallest absolute Gasteiger partial charge is 0.251 e. The summed E-state index contributed by atoms with van der Waals surface area (Å²) in [4.78, 5) is 12.6. The van der Waals surface area contributed by atoms with Crippen molar-refractivity contribution in [3.8, 4) is 0 Å². The topological polar surface area (TPSA) is 96.5 Å². The van der Waals surface area contributed by atoms with E-state index >= 15 is 0 Å². The average molecular weight is 418 g/mol. The molecule has 1 fully saturated rings. The van der Waals surface area contributed by atoms with Crippen LogP contribution in [0.15, 0.2) is 41.8 Å². The molecule has 1 amide bonds. The Morgan fingerprint density at radius 2 is 2.07 bits per heavy atom. The van der Waals surface area contributed by atoms with Gasteiger partial charge in [-0.05, 0) is 44.1 Å². The molecule has 0 atom stereocenters. The average Bonchev–Trinajstić information content (AvgIpc) is 2.66. The lowest BCUT2D eigenvalue weighted by molar-refractivity contribution is 0.0511. The highest BCUT2D eigenvalue weighted by atomic mass is 35.5. The van der Waals surface area contributed by atoms with Gasteiger partial charge >= 0.3 is 0 Å². The van der Waals surface area contributed by atoms with E-state index in [4.69, 9.17) is 4.74 Å². The first-order valence-electron chi connectivity index (χ1n) is 8.61. The highest BCUT2D eigenvalue weighted by Gasteiger charge is 2.32. The molecule has 3 N–H and O–H groups in total. The molecule has 0 unspecified atom stereocenters. The summed E-state index contributed by atoms with van der Waals surface area (Å²) in [6.07, 6.45) is 3.30. The van der Waals surface area contributed by atoms with Crippen LogP contribution in [0.5, 0.6) is 0 Å². The first-order valence-corrected chi connectivity index (χ1v) is 10.1. The summed E-state index contributed by atoms with van der Waals surface area (Å²) in [6, 6.07) is 6.01. The molecule has 0 saturated carbocycles. The van der Waals surface area contributed by atoms with Gasteiger partial charge in [0.25, 0.3) is 5.91 Å². The van der Waals surface area contributed by atoms with Gasteiger partial charge in [-0.25, -0.2) is 13.1 Å². The van der Waals surface area contributed by atoms with Crippen LogP contribution in [0.25, 0.3) is 0 Å². The normalized spacial score (nSPS) is 16.2. The van der Waals surface area contributed by atoms with Gasteiger partial charge in [0.1, 0.15) is 0 Å². The fraction of sp³-hybridized carbons (Fsp3) is 0.500. The van der Waals surface area contributed by atoms with Crippen molar-refractivity contribution in [3.63, 3.8) is 0 Å². The molecule has 1 aliphatic rings. The Balaban J connectivity index is 0.00000364. The monoisotopic (exact) mass is 417 g/mol. The van der Waals surface area contributed by atoms with Crippen molar-refractivity contribution < 1.29 is 17.9 Å². The first-order chi connectivity index (χ1) is 12.4. The molecule has 0 radical (unpaired) electrons. The molecule has 1 aliphatic heterocycles. The van der Waals surface area contributed by atoms with E-state index in [0.717, 1.165) is 25.9 Å². The number of methoxy groups -OCH3 is 1. The van der Waals surface area contributed by atoms with Gasteiger partial charge in [-0.15, -0.1) is 19.0 Å². The van der Waals surface area contributed by atoms with E-state index in [1.54, 1.807) is 19.2 Å². The number of sulfonamides is 1. The summed E-state index contributed by atoms with van der Waals surface area (Å²) in [5, 5.41) is 6.25. The molecule has 152 valence electrons. The number of piperidine rings is 1. The highest BCUT2D eigenvalue weighted by molar-refractivity contribution is 7.89. The van der Waals surface area contributed by atoms with Gasteiger partial charge in [0.05, 0.1) is 11.5 Å². The number of nitrogens with one attached hydrogen (secondary N) is 3. The van der Waals surface area contributed by atoms with Gasteiger partial charge < -0.3 is 15.4 Å². The van der Waals surface area contributed by atoms with Crippen LogP contribution in [0.2, 0.25) is 0 Å². The molecule has 2 rings (SSSR count). The van der Waals surface area contributed by atoms with E-state index in [-0.39, 0.29) is 35.2 Å². The van der Waals surface area contributed by atoms with Gasteiger partial charge in [0, 0.05) is 31.2 Å². The van der Waals surface area contributed by atoms with Gasteiger partial charge in [0.15, 0.2) is 0 Å². The number of hydrogen-bond acceptors (Lipinski definition) is 5. The predicted molar refractivity (Wildman–Crippen MR) is 108 cm³/mol. The second kappa shape index (κ2) is 10.8. The summed E-state index contributed by atoms with van der Waals surface area (Å²) >= 11 is 0. The third-order valence-electron chi connectivity index (χ3n) is 4.56. The molecule has 27 heavy (non-hydrogen) atoms. The SMILES string of the molecule is C=CCNS(=O)(=O)c1cccc(C(=O)NCC2(COC)CCNCC2)c1.Cl. The molecule has 0 spiro atoms. The number of amides is 1. The fourth-order valence-corrected chi connectivity index (χ4v) is 4.11. The Morgan fingerprint density at radius 3 is 2.70 bits per heavy atom. The summed E-state index contributed by atoms with van der Waals surface area (Å²) in [5.41, 5.74) is 0.221. The zero-order chi connectivity index (χ0) is 19.0. The molecule has 0 bridgehead atoms. The maximum absolute atomic E-state index is 12.5. The summed E-state index contributed by atoms with van der Waals surface area (Å²) in [7, 11) is -2.00. The Hall–Kier alpha value is -1.45. The van der Waals surface area contributed by atoms with Crippen molar-refractivity contribution in [3.05, 3.63) is 42.5 Å². The molecular formula is C18H28ClN3O4S. The lowest BCUT2D eigenvalue weighted by Gasteiger charge is -2.37. The van der Waals surface area contributed by atoms with E-state index in [1.807, 2.05) is 0 Å². The fourth-order valence-electron chi connectivity index (χ4n) is 3.06. The lowest BCUT2D eigenvalue weighted by Crippen LogP contribution is -2.47. The van der Waals surface area contributed by atoms with Crippen molar-refractivity contribution in [2.45, 2.75) is 17.7 Å². The van der Waals surface area contributed by atoms with Gasteiger partial charge in [-0.1, -0.05) is 12.1 Å². The van der Waals surface area contributed by atoms with Crippen LogP contribution in [0, 0.1) is 5.41 Å². The summed E-state index contributed by atoms with van der Waals surface area (Å²) in [6.45, 7) is 6.47. The quantitative estimate of drug-likeness (QED) is 0.526. The Bertz CT molecular complexity index is 728. The summed E-state index contributed by atoms with van der Waals surface area (Å²) in [5.74, 6) is -0.292. The molecule has 9 heteroatoms. The van der Waals surface area contributed by atoms with E-state index < -0.39 is 10.0 Å². The van der Waals surface area contributed by atoms with Crippen molar-refractivity contribution in [2.24, 2.45) is 5.41 Å². The molecule has 7 nitrogen and oxygen atoms in total. The Kier molecular flexibility index (Phi) is 9.41. The number of rotatable bonds is 9. The van der Waals surface area contributed by atoms with E-state index in [2.05, 4.69) is 21.9 Å². The van der Waals surface area contributed by atoms with Crippen molar-refractivity contribution in [1.29, 1.82) is 0 Å². The van der Waals surface area contributed by atoms with Gasteiger partial charge in [-0.3, -0.25) is 4.79 Å². The molecular weight excluding hydrogens is 390 g/mol. The molecule has 1 saturated heterocycles. The van der Waals surface area contributed by atoms with Crippen molar-refractivity contribution in [2.75, 3.05) is 39.9 Å². The predicted octanol–water partition coefficient (Wildman–Crippen LogP) is 1.32. The number of halogens is 1. The van der Waals surface area contributed by atoms with E-state index in [0.29, 0.717) is 18.7 Å². The zero-order valence-corrected chi connectivity index (χ0v) is 17.1. The molecule has 0 aliphatic carbocycles. The molecule has 1 aromatic rings. The number of carbonyl (C=O) groups is 1. The molecule has 0 aromatic heterocycles. The third-order valence-corrected chi connectivity index (χ3v) is 5.98. The Morgan fingerprint density at radius 1 is 1.37 bits per heavy atom. The van der Waals surface area contributed by atoms with Crippen LogP contribution in [0.3, 0.4) is 0 Å². The van der Waals surface area contributed by atoms with Crippen molar-refractivity contribution in [1.82, 2.24) is 15.4 Å². The minimum atomic E-state index is -3.66. The minimum Gasteiger partial charge on any atom is -0.384 e. The van der Waals surface area contributed by atoms with E-state index in [9.17, 15) is 13.2 Å². The Labute approximate surface area is 167 Å². The maximum Gasteiger partial charge on any atom is 0.251 e. The maximum atomic E-state index is 12.5. The molecule has 1 aromatic carbocycles. The van der Waals surface area contributed by atoms with Crippen LogP contribution >= 0.6 is 12.4 Å². The van der Waals surface area contributed by atoms with Crippen LogP contribution in [0.1, 0.15) is 23.2 Å². The third kappa shape index (κ3) is 6.58. The highest BCUT2D eigenvalue weighted by Crippen LogP contribution is 2.28. The second-order valence-electron chi connectivity index (χ2n) is 6.53. The minimum absolute atomic E-state index is 0. The van der Waals surface area contributed by atoms with E-state index in [1.165, 1.54) is 18.2 Å². The van der Waals surface area contributed by atoms with Crippen molar-refractivity contribution >= 4 is 28.3 Å². The zero-order valence-electron chi connectivity index (χ0n) is 15.5. The number of ether oxygens (including phenoxy) is 1. The number of benzene rings is 1. The first kappa shape index (κ1) is 23.6. The van der Waals surface area contributed by atoms with Crippen LogP contribution < -0.4 is 15.4 Å². The largest absolute Gasteiger partial charge is 0.384 e. The molecule has 1 heterocycles. The van der Waals surface area contributed by atoms with Crippen LogP contribution in [0.4, 0.5) is 0 Å². The van der Waals surface area contributed by atoms with Crippen LogP contribution in [-0.2, 0) is 14.8 Å². The number of carbonyl (C=O) groups excluding carboxylic acids is 1. The van der Waals surface area contributed by atoms with Gasteiger partial charge in [0.2, 0.25) is 10.0 Å². The van der Waals surface area contributed by atoms with Crippen LogP contribution in [-0.4, -0.2) is 54.2 Å². The van der Waals surface area contributed by atoms with Gasteiger partial charge in [-0.2, -0.15) is 0 Å². The lowest BCUT2D eigenvalue weighted by atomic mass is 9.79. The second-order valence-corrected chi connectivity index (χ2v) is 8.30. The standard InChI is InChI=1S/C18H27N3O4S.ClH/c1-3-9-21-26(23,24)16-6-4-5-15(12-16)17(22)20-13-18(14-25-2)7-10-19-11-8-18;/h3-6,12,19,21H,1,7-11,13-14H2,2H3,(H,20,22);1H. The summed E-state index contributed by atoms with van der Waals surface area (Å²) < 4.78 is 32.1. The number of hydrogen-bond donors (Lipinski definition) is 3.